The fourth-order valence-corrected chi connectivity index (χ4v) is 4.14. The van der Waals surface area contributed by atoms with Crippen molar-refractivity contribution in [1.29, 1.82) is 0 Å². The van der Waals surface area contributed by atoms with Gasteiger partial charge in [0.2, 0.25) is 11.0 Å². The van der Waals surface area contributed by atoms with Crippen LogP contribution in [0.5, 0.6) is 0 Å². The number of carbonyl (C=O) groups excluding carboxylic acids is 2. The van der Waals surface area contributed by atoms with E-state index >= 15 is 0 Å². The second-order valence-electron chi connectivity index (χ2n) is 5.86. The van der Waals surface area contributed by atoms with Crippen LogP contribution in [0, 0.1) is 0 Å². The topological polar surface area (TPSA) is 84.0 Å². The molecule has 2 amide bonds. The number of halogens is 5. The van der Waals surface area contributed by atoms with E-state index in [0.717, 1.165) is 35.2 Å². The smallest absolute Gasteiger partial charge is 0.325 e. The Hall–Kier alpha value is -2.34. The molecule has 0 aliphatic carbocycles. The normalized spacial score (nSPS) is 11.3. The number of alkyl halides is 3. The number of aromatic nitrogens is 2. The maximum Gasteiger partial charge on any atom is 0.416 e. The minimum atomic E-state index is -4.44. The van der Waals surface area contributed by atoms with Gasteiger partial charge in [-0.15, -0.1) is 10.2 Å². The minimum Gasteiger partial charge on any atom is -0.325 e. The van der Waals surface area contributed by atoms with E-state index in [-0.39, 0.29) is 27.2 Å². The van der Waals surface area contributed by atoms with E-state index in [1.807, 2.05) is 0 Å². The highest BCUT2D eigenvalue weighted by Crippen LogP contribution is 2.30. The van der Waals surface area contributed by atoms with E-state index in [1.54, 1.807) is 6.07 Å². The second-order valence-corrected chi connectivity index (χ2v) is 8.91. The fourth-order valence-electron chi connectivity index (χ4n) is 2.22. The van der Waals surface area contributed by atoms with Crippen molar-refractivity contribution in [2.24, 2.45) is 0 Å². The summed E-state index contributed by atoms with van der Waals surface area (Å²) in [5.41, 5.74) is -0.390. The van der Waals surface area contributed by atoms with Crippen LogP contribution in [0.4, 0.5) is 24.0 Å². The summed E-state index contributed by atoms with van der Waals surface area (Å²) in [5.74, 6) is -1.000. The van der Waals surface area contributed by atoms with E-state index in [1.165, 1.54) is 24.3 Å². The maximum atomic E-state index is 12.6. The van der Waals surface area contributed by atoms with Gasteiger partial charge in [0.1, 0.15) is 0 Å². The van der Waals surface area contributed by atoms with Gasteiger partial charge in [-0.3, -0.25) is 14.9 Å². The number of nitrogens with one attached hydrogen (secondary N) is 2. The number of rotatable bonds is 6. The SMILES string of the molecule is O=C(CSc1nnc(NC(=O)c2cc(Cl)ccc2Cl)s1)Nc1ccc(C(F)(F)F)cc1. The lowest BCUT2D eigenvalue weighted by molar-refractivity contribution is -0.137. The first-order chi connectivity index (χ1) is 14.6. The summed E-state index contributed by atoms with van der Waals surface area (Å²) < 4.78 is 38.1. The molecule has 3 rings (SSSR count). The zero-order valence-corrected chi connectivity index (χ0v) is 18.3. The van der Waals surface area contributed by atoms with Crippen LogP contribution in [-0.2, 0) is 11.0 Å². The van der Waals surface area contributed by atoms with Crippen LogP contribution < -0.4 is 10.6 Å². The van der Waals surface area contributed by atoms with Gasteiger partial charge in [0.15, 0.2) is 4.34 Å². The van der Waals surface area contributed by atoms with Gasteiger partial charge in [-0.25, -0.2) is 0 Å². The van der Waals surface area contributed by atoms with Crippen molar-refractivity contribution in [3.8, 4) is 0 Å². The molecule has 0 unspecified atom stereocenters. The summed E-state index contributed by atoms with van der Waals surface area (Å²) in [7, 11) is 0. The molecule has 13 heteroatoms. The van der Waals surface area contributed by atoms with E-state index in [0.29, 0.717) is 9.36 Å². The molecule has 0 fully saturated rings. The van der Waals surface area contributed by atoms with E-state index < -0.39 is 23.6 Å². The van der Waals surface area contributed by atoms with E-state index in [4.69, 9.17) is 23.2 Å². The summed E-state index contributed by atoms with van der Waals surface area (Å²) in [4.78, 5) is 24.3. The first kappa shape index (κ1) is 23.3. The van der Waals surface area contributed by atoms with Crippen molar-refractivity contribution in [3.05, 3.63) is 63.6 Å². The van der Waals surface area contributed by atoms with Crippen molar-refractivity contribution >= 4 is 68.9 Å². The standard InChI is InChI=1S/C18H11Cl2F3N4O2S2/c19-10-3-6-13(20)12(7-10)15(29)25-16-26-27-17(31-16)30-8-14(28)24-11-4-1-9(2-5-11)18(21,22)23/h1-7H,8H2,(H,24,28)(H,25,26,29). The summed E-state index contributed by atoms with van der Waals surface area (Å²) in [6, 6.07) is 8.58. The molecule has 1 aromatic heterocycles. The molecule has 0 bridgehead atoms. The Labute approximate surface area is 192 Å². The van der Waals surface area contributed by atoms with Crippen LogP contribution in [0.3, 0.4) is 0 Å². The zero-order chi connectivity index (χ0) is 22.6. The molecule has 0 saturated heterocycles. The number of nitrogens with zero attached hydrogens (tertiary/aromatic N) is 2. The Morgan fingerprint density at radius 2 is 1.74 bits per heavy atom. The molecule has 0 radical (unpaired) electrons. The van der Waals surface area contributed by atoms with Crippen LogP contribution in [-0.4, -0.2) is 27.8 Å². The second kappa shape index (κ2) is 9.86. The molecule has 0 spiro atoms. The summed E-state index contributed by atoms with van der Waals surface area (Å²) in [6.45, 7) is 0. The van der Waals surface area contributed by atoms with Gasteiger partial charge in [-0.05, 0) is 42.5 Å². The number of hydrogen-bond donors (Lipinski definition) is 2. The van der Waals surface area contributed by atoms with Crippen LogP contribution in [0.2, 0.25) is 10.0 Å². The zero-order valence-electron chi connectivity index (χ0n) is 15.2. The molecule has 0 aliphatic rings. The predicted molar refractivity (Wildman–Crippen MR) is 115 cm³/mol. The highest BCUT2D eigenvalue weighted by Gasteiger charge is 2.30. The van der Waals surface area contributed by atoms with Crippen molar-refractivity contribution < 1.29 is 22.8 Å². The third kappa shape index (κ3) is 6.57. The third-order valence-electron chi connectivity index (χ3n) is 3.62. The lowest BCUT2D eigenvalue weighted by Gasteiger charge is -2.08. The number of carbonyl (C=O) groups is 2. The molecule has 3 aromatic rings. The summed E-state index contributed by atoms with van der Waals surface area (Å²) >= 11 is 14.0. The van der Waals surface area contributed by atoms with Gasteiger partial charge in [0, 0.05) is 10.7 Å². The molecule has 6 nitrogen and oxygen atoms in total. The maximum absolute atomic E-state index is 12.6. The van der Waals surface area contributed by atoms with Crippen LogP contribution in [0.25, 0.3) is 0 Å². The Morgan fingerprint density at radius 3 is 2.42 bits per heavy atom. The molecule has 1 heterocycles. The lowest BCUT2D eigenvalue weighted by atomic mass is 10.2. The number of anilines is 2. The van der Waals surface area contributed by atoms with Gasteiger partial charge in [-0.2, -0.15) is 13.2 Å². The Balaban J connectivity index is 1.52. The number of benzene rings is 2. The van der Waals surface area contributed by atoms with Crippen LogP contribution in [0.15, 0.2) is 46.8 Å². The molecular weight excluding hydrogens is 496 g/mol. The molecule has 0 saturated carbocycles. The molecule has 0 aliphatic heterocycles. The summed E-state index contributed by atoms with van der Waals surface area (Å²) in [6.07, 6.45) is -4.44. The molecule has 162 valence electrons. The predicted octanol–water partition coefficient (Wildman–Crippen LogP) is 5.85. The summed E-state index contributed by atoms with van der Waals surface area (Å²) in [5, 5.41) is 13.5. The lowest BCUT2D eigenvalue weighted by Crippen LogP contribution is -2.14. The van der Waals surface area contributed by atoms with Crippen LogP contribution >= 0.6 is 46.3 Å². The van der Waals surface area contributed by atoms with Crippen molar-refractivity contribution in [1.82, 2.24) is 10.2 Å². The van der Waals surface area contributed by atoms with Gasteiger partial charge in [0.25, 0.3) is 5.91 Å². The van der Waals surface area contributed by atoms with E-state index in [9.17, 15) is 22.8 Å². The van der Waals surface area contributed by atoms with Crippen molar-refractivity contribution in [2.45, 2.75) is 10.5 Å². The van der Waals surface area contributed by atoms with Gasteiger partial charge < -0.3 is 5.32 Å². The molecular formula is C18H11Cl2F3N4O2S2. The van der Waals surface area contributed by atoms with Gasteiger partial charge in [-0.1, -0.05) is 46.3 Å². The quantitative estimate of drug-likeness (QED) is 0.323. The largest absolute Gasteiger partial charge is 0.416 e. The first-order valence-corrected chi connectivity index (χ1v) is 10.9. The molecule has 0 atom stereocenters. The minimum absolute atomic E-state index is 0.0519. The monoisotopic (exact) mass is 506 g/mol. The fraction of sp³-hybridized carbons (Fsp3) is 0.111. The first-order valence-electron chi connectivity index (χ1n) is 8.31. The third-order valence-corrected chi connectivity index (χ3v) is 6.16. The van der Waals surface area contributed by atoms with Crippen molar-refractivity contribution in [2.75, 3.05) is 16.4 Å². The highest BCUT2D eigenvalue weighted by molar-refractivity contribution is 8.01. The number of thioether (sulfide) groups is 1. The van der Waals surface area contributed by atoms with Crippen LogP contribution in [0.1, 0.15) is 15.9 Å². The Kier molecular flexibility index (Phi) is 7.42. The average Bonchev–Trinajstić information content (AvgIpc) is 3.15. The Bertz CT molecular complexity index is 1110. The number of amides is 2. The molecule has 31 heavy (non-hydrogen) atoms. The van der Waals surface area contributed by atoms with Crippen molar-refractivity contribution in [3.63, 3.8) is 0 Å². The molecule has 2 aromatic carbocycles. The number of hydrogen-bond acceptors (Lipinski definition) is 6. The van der Waals surface area contributed by atoms with Gasteiger partial charge in [0.05, 0.1) is 21.9 Å². The molecule has 2 N–H and O–H groups in total. The Morgan fingerprint density at radius 1 is 1.03 bits per heavy atom. The van der Waals surface area contributed by atoms with Gasteiger partial charge >= 0.3 is 6.18 Å². The highest BCUT2D eigenvalue weighted by atomic mass is 35.5. The van der Waals surface area contributed by atoms with E-state index in [2.05, 4.69) is 20.8 Å². The average molecular weight is 507 g/mol.